The SMILES string of the molecule is CN1CC(=O)N(CC(=O)N2CCC(C(F)(F)F)CC2)C1=O. The molecule has 118 valence electrons. The van der Waals surface area contributed by atoms with Gasteiger partial charge in [0.25, 0.3) is 5.91 Å². The first kappa shape index (κ1) is 15.6. The van der Waals surface area contributed by atoms with Gasteiger partial charge in [0, 0.05) is 20.1 Å². The summed E-state index contributed by atoms with van der Waals surface area (Å²) in [6, 6.07) is -0.557. The van der Waals surface area contributed by atoms with Crippen LogP contribution in [0.4, 0.5) is 18.0 Å². The van der Waals surface area contributed by atoms with Crippen molar-refractivity contribution in [1.29, 1.82) is 0 Å². The van der Waals surface area contributed by atoms with E-state index < -0.39 is 36.5 Å². The van der Waals surface area contributed by atoms with Crippen LogP contribution in [0.2, 0.25) is 0 Å². The molecule has 2 heterocycles. The molecule has 2 aliphatic heterocycles. The molecule has 2 saturated heterocycles. The largest absolute Gasteiger partial charge is 0.391 e. The molecular weight excluding hydrogens is 291 g/mol. The summed E-state index contributed by atoms with van der Waals surface area (Å²) >= 11 is 0. The molecule has 0 atom stereocenters. The Morgan fingerprint density at radius 1 is 1.24 bits per heavy atom. The number of carbonyl (C=O) groups is 3. The third-order valence-corrected chi connectivity index (χ3v) is 3.83. The Hall–Kier alpha value is -1.80. The highest BCUT2D eigenvalue weighted by Gasteiger charge is 2.42. The molecule has 6 nitrogen and oxygen atoms in total. The molecule has 2 fully saturated rings. The molecule has 4 amide bonds. The number of likely N-dealkylation sites (N-methyl/N-ethyl adjacent to an activating group) is 1. The molecule has 2 rings (SSSR count). The van der Waals surface area contributed by atoms with Crippen LogP contribution < -0.4 is 0 Å². The van der Waals surface area contributed by atoms with E-state index in [0.717, 1.165) is 4.90 Å². The summed E-state index contributed by atoms with van der Waals surface area (Å²) in [7, 11) is 1.44. The predicted octanol–water partition coefficient (Wildman–Crippen LogP) is 0.681. The van der Waals surface area contributed by atoms with Gasteiger partial charge in [0.15, 0.2) is 0 Å². The molecule has 0 aromatic carbocycles. The van der Waals surface area contributed by atoms with Crippen molar-refractivity contribution in [2.45, 2.75) is 19.0 Å². The first-order valence-electron chi connectivity index (χ1n) is 6.60. The topological polar surface area (TPSA) is 60.9 Å². The second-order valence-corrected chi connectivity index (χ2v) is 5.32. The number of carbonyl (C=O) groups excluding carboxylic acids is 3. The lowest BCUT2D eigenvalue weighted by molar-refractivity contribution is -0.186. The molecule has 0 spiro atoms. The highest BCUT2D eigenvalue weighted by molar-refractivity contribution is 6.04. The molecule has 2 aliphatic rings. The van der Waals surface area contributed by atoms with Crippen LogP contribution in [-0.4, -0.2) is 71.9 Å². The van der Waals surface area contributed by atoms with Gasteiger partial charge in [-0.25, -0.2) is 4.79 Å². The lowest BCUT2D eigenvalue weighted by Gasteiger charge is -2.33. The van der Waals surface area contributed by atoms with Crippen LogP contribution in [0.15, 0.2) is 0 Å². The van der Waals surface area contributed by atoms with Crippen molar-refractivity contribution >= 4 is 17.8 Å². The Bertz CT molecular complexity index is 458. The third kappa shape index (κ3) is 3.27. The van der Waals surface area contributed by atoms with Crippen LogP contribution >= 0.6 is 0 Å². The molecule has 0 unspecified atom stereocenters. The number of nitrogens with zero attached hydrogens (tertiary/aromatic N) is 3. The number of imide groups is 1. The van der Waals surface area contributed by atoms with E-state index >= 15 is 0 Å². The molecule has 0 bridgehead atoms. The number of urea groups is 1. The molecule has 21 heavy (non-hydrogen) atoms. The van der Waals surface area contributed by atoms with Crippen molar-refractivity contribution in [2.24, 2.45) is 5.92 Å². The fourth-order valence-corrected chi connectivity index (χ4v) is 2.52. The molecule has 0 aliphatic carbocycles. The fraction of sp³-hybridized carbons (Fsp3) is 0.750. The van der Waals surface area contributed by atoms with Gasteiger partial charge >= 0.3 is 12.2 Å². The zero-order valence-corrected chi connectivity index (χ0v) is 11.5. The lowest BCUT2D eigenvalue weighted by atomic mass is 9.96. The molecule has 9 heteroatoms. The average molecular weight is 307 g/mol. The van der Waals surface area contributed by atoms with E-state index in [0.29, 0.717) is 0 Å². The van der Waals surface area contributed by atoms with Crippen molar-refractivity contribution in [2.75, 3.05) is 33.2 Å². The standard InChI is InChI=1S/C12H16F3N3O3/c1-16-6-10(20)18(11(16)21)7-9(19)17-4-2-8(3-5-17)12(13,14)15/h8H,2-7H2,1H3. The van der Waals surface area contributed by atoms with Crippen molar-refractivity contribution in [3.05, 3.63) is 0 Å². The van der Waals surface area contributed by atoms with Gasteiger partial charge in [0.1, 0.15) is 13.1 Å². The molecule has 0 aromatic heterocycles. The lowest BCUT2D eigenvalue weighted by Crippen LogP contribution is -2.47. The average Bonchev–Trinajstić information content (AvgIpc) is 2.64. The van der Waals surface area contributed by atoms with Crippen molar-refractivity contribution in [1.82, 2.24) is 14.7 Å². The number of alkyl halides is 3. The quantitative estimate of drug-likeness (QED) is 0.705. The van der Waals surface area contributed by atoms with Crippen LogP contribution in [0.5, 0.6) is 0 Å². The van der Waals surface area contributed by atoms with E-state index in [9.17, 15) is 27.6 Å². The Morgan fingerprint density at radius 2 is 1.81 bits per heavy atom. The van der Waals surface area contributed by atoms with E-state index in [4.69, 9.17) is 0 Å². The number of rotatable bonds is 2. The minimum Gasteiger partial charge on any atom is -0.341 e. The molecule has 0 saturated carbocycles. The second kappa shape index (κ2) is 5.53. The third-order valence-electron chi connectivity index (χ3n) is 3.83. The van der Waals surface area contributed by atoms with Gasteiger partial charge in [-0.2, -0.15) is 13.2 Å². The summed E-state index contributed by atoms with van der Waals surface area (Å²) < 4.78 is 37.6. The number of hydrogen-bond acceptors (Lipinski definition) is 3. The Labute approximate surface area is 119 Å². The summed E-state index contributed by atoms with van der Waals surface area (Å²) in [6.07, 6.45) is -4.52. The maximum atomic E-state index is 12.5. The normalized spacial score (nSPS) is 21.4. The van der Waals surface area contributed by atoms with E-state index in [2.05, 4.69) is 0 Å². The predicted molar refractivity (Wildman–Crippen MR) is 65.1 cm³/mol. The summed E-state index contributed by atoms with van der Waals surface area (Å²) in [5.41, 5.74) is 0. The van der Waals surface area contributed by atoms with Crippen molar-refractivity contribution in [3.63, 3.8) is 0 Å². The number of likely N-dealkylation sites (tertiary alicyclic amines) is 1. The molecular formula is C12H16F3N3O3. The minimum absolute atomic E-state index is 0.00489. The van der Waals surface area contributed by atoms with Crippen LogP contribution in [0.1, 0.15) is 12.8 Å². The highest BCUT2D eigenvalue weighted by Crippen LogP contribution is 2.34. The van der Waals surface area contributed by atoms with Gasteiger partial charge in [-0.3, -0.25) is 14.5 Å². The maximum absolute atomic E-state index is 12.5. The molecule has 0 N–H and O–H groups in total. The van der Waals surface area contributed by atoms with Gasteiger partial charge in [0.05, 0.1) is 5.92 Å². The van der Waals surface area contributed by atoms with E-state index in [1.54, 1.807) is 0 Å². The number of piperidine rings is 1. The number of amides is 4. The van der Waals surface area contributed by atoms with Gasteiger partial charge in [-0.05, 0) is 12.8 Å². The number of halogens is 3. The van der Waals surface area contributed by atoms with Crippen LogP contribution in [0, 0.1) is 5.92 Å². The smallest absolute Gasteiger partial charge is 0.341 e. The maximum Gasteiger partial charge on any atom is 0.391 e. The van der Waals surface area contributed by atoms with Crippen molar-refractivity contribution in [3.8, 4) is 0 Å². The van der Waals surface area contributed by atoms with Gasteiger partial charge in [-0.15, -0.1) is 0 Å². The molecule has 0 aromatic rings. The number of hydrogen-bond donors (Lipinski definition) is 0. The van der Waals surface area contributed by atoms with Crippen LogP contribution in [0.25, 0.3) is 0 Å². The van der Waals surface area contributed by atoms with Crippen molar-refractivity contribution < 1.29 is 27.6 Å². The summed E-state index contributed by atoms with van der Waals surface area (Å²) in [4.78, 5) is 38.5. The first-order valence-corrected chi connectivity index (χ1v) is 6.60. The highest BCUT2D eigenvalue weighted by atomic mass is 19.4. The van der Waals surface area contributed by atoms with Gasteiger partial charge in [-0.1, -0.05) is 0 Å². The Balaban J connectivity index is 1.88. The zero-order chi connectivity index (χ0) is 15.8. The minimum atomic E-state index is -4.24. The summed E-state index contributed by atoms with van der Waals surface area (Å²) in [5, 5.41) is 0. The van der Waals surface area contributed by atoms with Gasteiger partial charge in [0.2, 0.25) is 5.91 Å². The Kier molecular flexibility index (Phi) is 4.11. The Morgan fingerprint density at radius 3 is 2.24 bits per heavy atom. The van der Waals surface area contributed by atoms with Crippen LogP contribution in [0.3, 0.4) is 0 Å². The fourth-order valence-electron chi connectivity index (χ4n) is 2.52. The van der Waals surface area contributed by atoms with E-state index in [1.807, 2.05) is 0 Å². The van der Waals surface area contributed by atoms with Gasteiger partial charge < -0.3 is 9.80 Å². The monoisotopic (exact) mass is 307 g/mol. The molecule has 0 radical (unpaired) electrons. The summed E-state index contributed by atoms with van der Waals surface area (Å²) in [5.74, 6) is -2.35. The van der Waals surface area contributed by atoms with E-state index in [-0.39, 0.29) is 32.5 Å². The summed E-state index contributed by atoms with van der Waals surface area (Å²) in [6.45, 7) is -0.495. The second-order valence-electron chi connectivity index (χ2n) is 5.32. The van der Waals surface area contributed by atoms with Crippen LogP contribution in [-0.2, 0) is 9.59 Å². The first-order chi connectivity index (χ1) is 9.70. The zero-order valence-electron chi connectivity index (χ0n) is 11.5. The van der Waals surface area contributed by atoms with E-state index in [1.165, 1.54) is 16.8 Å².